The molecule has 3 N–H and O–H groups in total. The average molecular weight is 262 g/mol. The fraction of sp³-hybridized carbons (Fsp3) is 0.533. The van der Waals surface area contributed by atoms with Crippen molar-refractivity contribution in [2.75, 3.05) is 18.5 Å². The monoisotopic (exact) mass is 262 g/mol. The number of benzene rings is 1. The maximum absolute atomic E-state index is 12.2. The molecule has 0 bridgehead atoms. The number of carbonyl (C=O) groups excluding carboxylic acids is 1. The number of hydrogen-bond acceptors (Lipinski definition) is 3. The summed E-state index contributed by atoms with van der Waals surface area (Å²) in [5, 5.41) is 15.4. The highest BCUT2D eigenvalue weighted by atomic mass is 16.3. The Kier molecular flexibility index (Phi) is 4.10. The van der Waals surface area contributed by atoms with Crippen molar-refractivity contribution in [3.05, 3.63) is 29.8 Å². The number of carbonyl (C=O) groups is 1. The summed E-state index contributed by atoms with van der Waals surface area (Å²) < 4.78 is 0. The maximum Gasteiger partial charge on any atom is 0.253 e. The lowest BCUT2D eigenvalue weighted by Crippen LogP contribution is -2.32. The molecule has 0 saturated heterocycles. The van der Waals surface area contributed by atoms with E-state index in [9.17, 15) is 9.90 Å². The van der Waals surface area contributed by atoms with Crippen LogP contribution in [0.25, 0.3) is 0 Å². The van der Waals surface area contributed by atoms with Crippen molar-refractivity contribution in [1.29, 1.82) is 0 Å². The third-order valence-corrected chi connectivity index (χ3v) is 3.53. The van der Waals surface area contributed by atoms with E-state index in [4.69, 9.17) is 0 Å². The molecule has 0 heterocycles. The van der Waals surface area contributed by atoms with Crippen LogP contribution in [0.4, 0.5) is 5.69 Å². The lowest BCUT2D eigenvalue weighted by molar-refractivity contribution is 0.0936. The number of amides is 1. The summed E-state index contributed by atoms with van der Waals surface area (Å²) in [6.07, 6.45) is 1.99. The number of hydrogen-bond donors (Lipinski definition) is 3. The highest BCUT2D eigenvalue weighted by Crippen LogP contribution is 2.44. The van der Waals surface area contributed by atoms with Gasteiger partial charge < -0.3 is 15.7 Å². The zero-order valence-electron chi connectivity index (χ0n) is 11.6. The third kappa shape index (κ3) is 3.47. The van der Waals surface area contributed by atoms with Gasteiger partial charge in [-0.15, -0.1) is 0 Å². The van der Waals surface area contributed by atoms with Gasteiger partial charge in [0.05, 0.1) is 12.2 Å². The first-order chi connectivity index (χ1) is 9.06. The molecule has 104 valence electrons. The number of para-hydroxylation sites is 1. The lowest BCUT2D eigenvalue weighted by atomic mass is 10.1. The zero-order chi connectivity index (χ0) is 13.9. The van der Waals surface area contributed by atoms with Crippen LogP contribution in [0, 0.1) is 5.41 Å². The van der Waals surface area contributed by atoms with Crippen molar-refractivity contribution in [3.8, 4) is 0 Å². The van der Waals surface area contributed by atoms with E-state index in [0.29, 0.717) is 12.1 Å². The van der Waals surface area contributed by atoms with Crippen LogP contribution >= 0.6 is 0 Å². The van der Waals surface area contributed by atoms with Gasteiger partial charge in [0.15, 0.2) is 0 Å². The van der Waals surface area contributed by atoms with Gasteiger partial charge in [0.1, 0.15) is 0 Å². The molecule has 19 heavy (non-hydrogen) atoms. The first kappa shape index (κ1) is 13.9. The minimum atomic E-state index is -0.0801. The molecular formula is C15H22N2O2. The predicted octanol–water partition coefficient (Wildman–Crippen LogP) is 2.01. The largest absolute Gasteiger partial charge is 0.396 e. The molecule has 0 aromatic heterocycles. The van der Waals surface area contributed by atoms with Gasteiger partial charge >= 0.3 is 0 Å². The molecule has 4 nitrogen and oxygen atoms in total. The van der Waals surface area contributed by atoms with Crippen molar-refractivity contribution in [2.24, 2.45) is 5.41 Å². The Morgan fingerprint density at radius 2 is 2.05 bits per heavy atom. The fourth-order valence-electron chi connectivity index (χ4n) is 2.05. The first-order valence-electron chi connectivity index (χ1n) is 6.81. The van der Waals surface area contributed by atoms with E-state index in [2.05, 4.69) is 10.6 Å². The predicted molar refractivity (Wildman–Crippen MR) is 76.3 cm³/mol. The molecule has 0 radical (unpaired) electrons. The summed E-state index contributed by atoms with van der Waals surface area (Å²) in [6, 6.07) is 7.78. The number of nitrogens with one attached hydrogen (secondary N) is 2. The molecule has 1 aromatic carbocycles. The SMILES string of the molecule is CC(C)Nc1ccccc1C(=O)NCC1(CO)CC1. The topological polar surface area (TPSA) is 61.4 Å². The van der Waals surface area contributed by atoms with Gasteiger partial charge in [-0.25, -0.2) is 0 Å². The number of aliphatic hydroxyl groups is 1. The number of aliphatic hydroxyl groups excluding tert-OH is 1. The third-order valence-electron chi connectivity index (χ3n) is 3.53. The van der Waals surface area contributed by atoms with Crippen molar-refractivity contribution < 1.29 is 9.90 Å². The second kappa shape index (κ2) is 5.61. The molecule has 4 heteroatoms. The van der Waals surface area contributed by atoms with Gasteiger partial charge in [0, 0.05) is 23.7 Å². The van der Waals surface area contributed by atoms with Crippen LogP contribution in [-0.4, -0.2) is 30.2 Å². The van der Waals surface area contributed by atoms with E-state index in [-0.39, 0.29) is 24.0 Å². The summed E-state index contributed by atoms with van der Waals surface area (Å²) >= 11 is 0. The molecule has 0 spiro atoms. The maximum atomic E-state index is 12.2. The van der Waals surface area contributed by atoms with Crippen LogP contribution in [-0.2, 0) is 0 Å². The second-order valence-corrected chi connectivity index (χ2v) is 5.69. The van der Waals surface area contributed by atoms with Crippen molar-refractivity contribution >= 4 is 11.6 Å². The quantitative estimate of drug-likeness (QED) is 0.735. The molecule has 1 amide bonds. The molecule has 2 rings (SSSR count). The first-order valence-corrected chi connectivity index (χ1v) is 6.81. The van der Waals surface area contributed by atoms with Gasteiger partial charge in [0.2, 0.25) is 0 Å². The minimum absolute atomic E-state index is 0.0594. The Hall–Kier alpha value is -1.55. The summed E-state index contributed by atoms with van der Waals surface area (Å²) in [7, 11) is 0. The normalized spacial score (nSPS) is 16.2. The molecule has 1 saturated carbocycles. The average Bonchev–Trinajstić information content (AvgIpc) is 3.17. The van der Waals surface area contributed by atoms with Gasteiger partial charge in [-0.3, -0.25) is 4.79 Å². The van der Waals surface area contributed by atoms with Crippen LogP contribution in [0.1, 0.15) is 37.0 Å². The highest BCUT2D eigenvalue weighted by molar-refractivity contribution is 5.99. The molecule has 0 aliphatic heterocycles. The molecule has 1 aliphatic rings. The van der Waals surface area contributed by atoms with Crippen LogP contribution < -0.4 is 10.6 Å². The van der Waals surface area contributed by atoms with Crippen molar-refractivity contribution in [3.63, 3.8) is 0 Å². The van der Waals surface area contributed by atoms with Crippen LogP contribution in [0.5, 0.6) is 0 Å². The van der Waals surface area contributed by atoms with Crippen LogP contribution in [0.3, 0.4) is 0 Å². The van der Waals surface area contributed by atoms with E-state index >= 15 is 0 Å². The van der Waals surface area contributed by atoms with Crippen molar-refractivity contribution in [2.45, 2.75) is 32.7 Å². The molecular weight excluding hydrogens is 240 g/mol. The van der Waals surface area contributed by atoms with E-state index in [1.54, 1.807) is 0 Å². The molecule has 0 unspecified atom stereocenters. The van der Waals surface area contributed by atoms with Crippen LogP contribution in [0.2, 0.25) is 0 Å². The van der Waals surface area contributed by atoms with E-state index < -0.39 is 0 Å². The zero-order valence-corrected chi connectivity index (χ0v) is 11.6. The summed E-state index contributed by atoms with van der Waals surface area (Å²) in [5.41, 5.74) is 1.45. The number of anilines is 1. The van der Waals surface area contributed by atoms with Gasteiger partial charge in [-0.05, 0) is 38.8 Å². The molecule has 1 aromatic rings. The van der Waals surface area contributed by atoms with E-state index in [1.807, 2.05) is 38.1 Å². The van der Waals surface area contributed by atoms with Crippen molar-refractivity contribution in [1.82, 2.24) is 5.32 Å². The Labute approximate surface area is 114 Å². The summed E-state index contributed by atoms with van der Waals surface area (Å²) in [5.74, 6) is -0.0801. The van der Waals surface area contributed by atoms with Gasteiger partial charge in [-0.2, -0.15) is 0 Å². The summed E-state index contributed by atoms with van der Waals surface area (Å²) in [4.78, 5) is 12.2. The lowest BCUT2D eigenvalue weighted by Gasteiger charge is -2.16. The Bertz CT molecular complexity index is 453. The number of rotatable bonds is 6. The second-order valence-electron chi connectivity index (χ2n) is 5.69. The Morgan fingerprint density at radius 3 is 2.63 bits per heavy atom. The van der Waals surface area contributed by atoms with E-state index in [0.717, 1.165) is 18.5 Å². The summed E-state index contributed by atoms with van der Waals surface area (Å²) in [6.45, 7) is 4.79. The molecule has 1 fully saturated rings. The van der Waals surface area contributed by atoms with E-state index in [1.165, 1.54) is 0 Å². The minimum Gasteiger partial charge on any atom is -0.396 e. The standard InChI is InChI=1S/C15H22N2O2/c1-11(2)17-13-6-4-3-5-12(13)14(19)16-9-15(10-18)7-8-15/h3-6,11,17-18H,7-10H2,1-2H3,(H,16,19). The Balaban J connectivity index is 2.02. The Morgan fingerprint density at radius 1 is 1.37 bits per heavy atom. The van der Waals surface area contributed by atoms with Gasteiger partial charge in [0.25, 0.3) is 5.91 Å². The van der Waals surface area contributed by atoms with Gasteiger partial charge in [-0.1, -0.05) is 12.1 Å². The smallest absolute Gasteiger partial charge is 0.253 e. The highest BCUT2D eigenvalue weighted by Gasteiger charge is 2.42. The van der Waals surface area contributed by atoms with Crippen LogP contribution in [0.15, 0.2) is 24.3 Å². The fourth-order valence-corrected chi connectivity index (χ4v) is 2.05. The molecule has 1 aliphatic carbocycles. The molecule has 0 atom stereocenters.